The number of ether oxygens (including phenoxy) is 1. The lowest BCUT2D eigenvalue weighted by Gasteiger charge is -2.07. The summed E-state index contributed by atoms with van der Waals surface area (Å²) in [4.78, 5) is 0. The van der Waals surface area contributed by atoms with Gasteiger partial charge in [0.05, 0.1) is 5.38 Å². The standard InChI is InChI=1S/C14H13ClO/c1-11(15)12-7-9-14(10-8-12)16-13-5-3-2-4-6-13/h2-11H,1H3/t11-/m1/s1. The summed E-state index contributed by atoms with van der Waals surface area (Å²) in [5.74, 6) is 1.67. The van der Waals surface area contributed by atoms with Gasteiger partial charge in [-0.2, -0.15) is 0 Å². The van der Waals surface area contributed by atoms with Gasteiger partial charge in [-0.15, -0.1) is 11.6 Å². The number of benzene rings is 2. The van der Waals surface area contributed by atoms with E-state index in [4.69, 9.17) is 16.3 Å². The first-order chi connectivity index (χ1) is 7.75. The molecule has 0 bridgehead atoms. The minimum Gasteiger partial charge on any atom is -0.457 e. The maximum absolute atomic E-state index is 5.97. The van der Waals surface area contributed by atoms with Crippen molar-refractivity contribution in [3.05, 3.63) is 60.2 Å². The zero-order valence-corrected chi connectivity index (χ0v) is 9.82. The molecule has 82 valence electrons. The molecule has 2 aromatic carbocycles. The molecule has 0 aliphatic rings. The third-order valence-corrected chi connectivity index (χ3v) is 2.57. The summed E-state index contributed by atoms with van der Waals surface area (Å²) in [5.41, 5.74) is 1.10. The molecule has 0 N–H and O–H groups in total. The van der Waals surface area contributed by atoms with Crippen LogP contribution in [0, 0.1) is 0 Å². The molecule has 0 unspecified atom stereocenters. The highest BCUT2D eigenvalue weighted by molar-refractivity contribution is 6.20. The molecule has 1 nitrogen and oxygen atoms in total. The average Bonchev–Trinajstić information content (AvgIpc) is 2.31. The molecule has 2 heteroatoms. The van der Waals surface area contributed by atoms with E-state index in [1.54, 1.807) is 0 Å². The van der Waals surface area contributed by atoms with Gasteiger partial charge >= 0.3 is 0 Å². The van der Waals surface area contributed by atoms with Crippen LogP contribution in [0.15, 0.2) is 54.6 Å². The number of halogens is 1. The minimum absolute atomic E-state index is 0.0331. The van der Waals surface area contributed by atoms with E-state index in [2.05, 4.69) is 0 Å². The van der Waals surface area contributed by atoms with Crippen LogP contribution in [0.4, 0.5) is 0 Å². The molecule has 16 heavy (non-hydrogen) atoms. The first-order valence-electron chi connectivity index (χ1n) is 5.22. The number of para-hydroxylation sites is 1. The lowest BCUT2D eigenvalue weighted by atomic mass is 10.1. The number of hydrogen-bond acceptors (Lipinski definition) is 1. The van der Waals surface area contributed by atoms with E-state index in [0.717, 1.165) is 17.1 Å². The zero-order valence-electron chi connectivity index (χ0n) is 9.06. The number of rotatable bonds is 3. The van der Waals surface area contributed by atoms with E-state index in [9.17, 15) is 0 Å². The lowest BCUT2D eigenvalue weighted by Crippen LogP contribution is -1.86. The van der Waals surface area contributed by atoms with Gasteiger partial charge in [-0.1, -0.05) is 30.3 Å². The smallest absolute Gasteiger partial charge is 0.127 e. The van der Waals surface area contributed by atoms with Crippen LogP contribution >= 0.6 is 11.6 Å². The molecule has 1 atom stereocenters. The molecule has 0 spiro atoms. The highest BCUT2D eigenvalue weighted by Gasteiger charge is 2.01. The van der Waals surface area contributed by atoms with Crippen LogP contribution in [0.2, 0.25) is 0 Å². The highest BCUT2D eigenvalue weighted by Crippen LogP contribution is 2.25. The Bertz CT molecular complexity index is 434. The normalized spacial score (nSPS) is 12.1. The Hall–Kier alpha value is -1.47. The van der Waals surface area contributed by atoms with Crippen molar-refractivity contribution >= 4 is 11.6 Å². The molecule has 0 saturated heterocycles. The molecule has 2 rings (SSSR count). The third kappa shape index (κ3) is 2.77. The summed E-state index contributed by atoms with van der Waals surface area (Å²) in [7, 11) is 0. The predicted molar refractivity (Wildman–Crippen MR) is 67.2 cm³/mol. The molecule has 2 aromatic rings. The van der Waals surface area contributed by atoms with E-state index in [1.165, 1.54) is 0 Å². The molecule has 0 aliphatic heterocycles. The van der Waals surface area contributed by atoms with E-state index < -0.39 is 0 Å². The third-order valence-electron chi connectivity index (χ3n) is 2.32. The van der Waals surface area contributed by atoms with Crippen LogP contribution in [-0.2, 0) is 0 Å². The second-order valence-corrected chi connectivity index (χ2v) is 4.25. The van der Waals surface area contributed by atoms with Gasteiger partial charge in [0.1, 0.15) is 11.5 Å². The second kappa shape index (κ2) is 5.04. The van der Waals surface area contributed by atoms with Crippen LogP contribution in [-0.4, -0.2) is 0 Å². The minimum atomic E-state index is 0.0331. The first kappa shape index (κ1) is 11.0. The van der Waals surface area contributed by atoms with Crippen molar-refractivity contribution in [2.75, 3.05) is 0 Å². The summed E-state index contributed by atoms with van der Waals surface area (Å²) in [5, 5.41) is 0.0331. The molecule has 0 radical (unpaired) electrons. The van der Waals surface area contributed by atoms with Crippen LogP contribution in [0.25, 0.3) is 0 Å². The molecular weight excluding hydrogens is 220 g/mol. The van der Waals surface area contributed by atoms with Crippen molar-refractivity contribution in [3.63, 3.8) is 0 Å². The Balaban J connectivity index is 2.11. The fraction of sp³-hybridized carbons (Fsp3) is 0.143. The van der Waals surface area contributed by atoms with E-state index in [-0.39, 0.29) is 5.38 Å². The molecule has 0 fully saturated rings. The summed E-state index contributed by atoms with van der Waals surface area (Å²) in [6.45, 7) is 1.95. The zero-order chi connectivity index (χ0) is 11.4. The number of hydrogen-bond donors (Lipinski definition) is 0. The fourth-order valence-corrected chi connectivity index (χ4v) is 1.57. The Labute approximate surface area is 101 Å². The van der Waals surface area contributed by atoms with E-state index in [1.807, 2.05) is 61.5 Å². The van der Waals surface area contributed by atoms with Gasteiger partial charge in [-0.3, -0.25) is 0 Å². The molecular formula is C14H13ClO. The lowest BCUT2D eigenvalue weighted by molar-refractivity contribution is 0.482. The van der Waals surface area contributed by atoms with Gasteiger partial charge in [0.25, 0.3) is 0 Å². The summed E-state index contributed by atoms with van der Waals surface area (Å²) >= 11 is 5.97. The Morgan fingerprint density at radius 3 is 2.00 bits per heavy atom. The van der Waals surface area contributed by atoms with Gasteiger partial charge in [0.2, 0.25) is 0 Å². The van der Waals surface area contributed by atoms with Crippen molar-refractivity contribution in [2.45, 2.75) is 12.3 Å². The predicted octanol–water partition coefficient (Wildman–Crippen LogP) is 4.78. The van der Waals surface area contributed by atoms with Crippen molar-refractivity contribution in [1.29, 1.82) is 0 Å². The molecule has 0 aromatic heterocycles. The quantitative estimate of drug-likeness (QED) is 0.692. The Kier molecular flexibility index (Phi) is 3.47. The summed E-state index contributed by atoms with van der Waals surface area (Å²) < 4.78 is 5.67. The van der Waals surface area contributed by atoms with Crippen molar-refractivity contribution in [2.24, 2.45) is 0 Å². The van der Waals surface area contributed by atoms with Crippen molar-refractivity contribution < 1.29 is 4.74 Å². The Morgan fingerprint density at radius 1 is 0.875 bits per heavy atom. The average molecular weight is 233 g/mol. The van der Waals surface area contributed by atoms with E-state index >= 15 is 0 Å². The molecule has 0 heterocycles. The van der Waals surface area contributed by atoms with Gasteiger partial charge < -0.3 is 4.74 Å². The van der Waals surface area contributed by atoms with Crippen LogP contribution in [0.1, 0.15) is 17.9 Å². The Morgan fingerprint density at radius 2 is 1.44 bits per heavy atom. The monoisotopic (exact) mass is 232 g/mol. The second-order valence-electron chi connectivity index (χ2n) is 3.60. The van der Waals surface area contributed by atoms with Gasteiger partial charge in [-0.25, -0.2) is 0 Å². The van der Waals surface area contributed by atoms with Crippen LogP contribution in [0.3, 0.4) is 0 Å². The topological polar surface area (TPSA) is 9.23 Å². The molecule has 0 saturated carbocycles. The largest absolute Gasteiger partial charge is 0.457 e. The van der Waals surface area contributed by atoms with Crippen LogP contribution in [0.5, 0.6) is 11.5 Å². The van der Waals surface area contributed by atoms with Gasteiger partial charge in [-0.05, 0) is 36.8 Å². The molecule has 0 aliphatic carbocycles. The molecule has 0 amide bonds. The SMILES string of the molecule is C[C@@H](Cl)c1ccc(Oc2ccccc2)cc1. The van der Waals surface area contributed by atoms with Gasteiger partial charge in [0.15, 0.2) is 0 Å². The highest BCUT2D eigenvalue weighted by atomic mass is 35.5. The van der Waals surface area contributed by atoms with Crippen molar-refractivity contribution in [1.82, 2.24) is 0 Å². The number of alkyl halides is 1. The van der Waals surface area contributed by atoms with Gasteiger partial charge in [0, 0.05) is 0 Å². The van der Waals surface area contributed by atoms with E-state index in [0.29, 0.717) is 0 Å². The summed E-state index contributed by atoms with van der Waals surface area (Å²) in [6, 6.07) is 17.5. The maximum Gasteiger partial charge on any atom is 0.127 e. The first-order valence-corrected chi connectivity index (χ1v) is 5.66. The maximum atomic E-state index is 5.97. The fourth-order valence-electron chi connectivity index (χ4n) is 1.43. The van der Waals surface area contributed by atoms with Crippen LogP contribution < -0.4 is 4.74 Å². The van der Waals surface area contributed by atoms with Crippen molar-refractivity contribution in [3.8, 4) is 11.5 Å². The summed E-state index contributed by atoms with van der Waals surface area (Å²) in [6.07, 6.45) is 0.